The number of phenolic OH excluding ortho intramolecular Hbond substituents is 1. The summed E-state index contributed by atoms with van der Waals surface area (Å²) in [6.07, 6.45) is 0. The highest BCUT2D eigenvalue weighted by molar-refractivity contribution is 5.77. The van der Waals surface area contributed by atoms with E-state index in [1.165, 1.54) is 13.2 Å². The first-order valence-electron chi connectivity index (χ1n) is 4.34. The molecule has 1 rings (SSSR count). The number of methoxy groups -OCH3 is 1. The molecule has 0 aliphatic carbocycles. The Hall–Kier alpha value is -1.75. The molecule has 1 aromatic rings. The molecule has 0 bridgehead atoms. The molecule has 0 saturated heterocycles. The Morgan fingerprint density at radius 1 is 1.53 bits per heavy atom. The van der Waals surface area contributed by atoms with Gasteiger partial charge in [-0.3, -0.25) is 4.79 Å². The maximum atomic E-state index is 10.7. The van der Waals surface area contributed by atoms with Crippen LogP contribution in [0.2, 0.25) is 0 Å². The summed E-state index contributed by atoms with van der Waals surface area (Å²) < 4.78 is 4.95. The van der Waals surface area contributed by atoms with Gasteiger partial charge >= 0.3 is 5.97 Å². The number of hydrogen-bond acceptors (Lipinski definition) is 4. The van der Waals surface area contributed by atoms with Crippen molar-refractivity contribution in [2.45, 2.75) is 13.0 Å². The van der Waals surface area contributed by atoms with E-state index in [4.69, 9.17) is 15.6 Å². The van der Waals surface area contributed by atoms with Crippen molar-refractivity contribution in [2.75, 3.05) is 7.11 Å². The number of aromatic hydroxyl groups is 1. The minimum atomic E-state index is -1.25. The maximum Gasteiger partial charge on any atom is 0.325 e. The van der Waals surface area contributed by atoms with Gasteiger partial charge in [-0.1, -0.05) is 12.1 Å². The van der Waals surface area contributed by atoms with E-state index in [0.717, 1.165) is 5.56 Å². The molecule has 0 aromatic heterocycles. The minimum absolute atomic E-state index is 0.143. The van der Waals surface area contributed by atoms with E-state index in [0.29, 0.717) is 0 Å². The predicted molar refractivity (Wildman–Crippen MR) is 54.0 cm³/mol. The van der Waals surface area contributed by atoms with Gasteiger partial charge < -0.3 is 20.7 Å². The van der Waals surface area contributed by atoms with Crippen LogP contribution in [0.5, 0.6) is 11.5 Å². The highest BCUT2D eigenvalue weighted by Crippen LogP contribution is 2.35. The first-order valence-corrected chi connectivity index (χ1v) is 4.34. The molecule has 0 aliphatic heterocycles. The van der Waals surface area contributed by atoms with Crippen LogP contribution in [0.15, 0.2) is 12.1 Å². The van der Waals surface area contributed by atoms with Crippen molar-refractivity contribution in [2.24, 2.45) is 5.73 Å². The lowest BCUT2D eigenvalue weighted by Gasteiger charge is -2.13. The fourth-order valence-corrected chi connectivity index (χ4v) is 1.33. The average Bonchev–Trinajstić information content (AvgIpc) is 2.17. The number of carboxylic acids is 1. The lowest BCUT2D eigenvalue weighted by Crippen LogP contribution is -2.20. The van der Waals surface area contributed by atoms with Crippen LogP contribution in [0.3, 0.4) is 0 Å². The lowest BCUT2D eigenvalue weighted by atomic mass is 10.0. The van der Waals surface area contributed by atoms with Gasteiger partial charge in [-0.2, -0.15) is 0 Å². The molecule has 1 aromatic carbocycles. The molecular weight excluding hydrogens is 198 g/mol. The van der Waals surface area contributed by atoms with E-state index in [9.17, 15) is 9.90 Å². The number of carbonyl (C=O) groups is 1. The van der Waals surface area contributed by atoms with Crippen LogP contribution in [0.4, 0.5) is 0 Å². The zero-order valence-electron chi connectivity index (χ0n) is 8.52. The van der Waals surface area contributed by atoms with Crippen LogP contribution in [0.25, 0.3) is 0 Å². The van der Waals surface area contributed by atoms with Crippen LogP contribution < -0.4 is 10.5 Å². The number of aliphatic carboxylic acids is 1. The van der Waals surface area contributed by atoms with Crippen LogP contribution in [0, 0.1) is 6.92 Å². The number of aryl methyl sites for hydroxylation is 1. The molecule has 5 heteroatoms. The zero-order chi connectivity index (χ0) is 11.6. The first-order chi connectivity index (χ1) is 6.99. The van der Waals surface area contributed by atoms with E-state index < -0.39 is 12.0 Å². The minimum Gasteiger partial charge on any atom is -0.504 e. The third-order valence-corrected chi connectivity index (χ3v) is 2.16. The van der Waals surface area contributed by atoms with E-state index in [1.807, 2.05) is 0 Å². The van der Waals surface area contributed by atoms with Crippen LogP contribution in [-0.2, 0) is 4.79 Å². The van der Waals surface area contributed by atoms with Crippen molar-refractivity contribution < 1.29 is 19.7 Å². The molecule has 1 unspecified atom stereocenters. The molecule has 82 valence electrons. The highest BCUT2D eigenvalue weighted by atomic mass is 16.5. The summed E-state index contributed by atoms with van der Waals surface area (Å²) in [5.74, 6) is -1.16. The molecule has 0 saturated carbocycles. The quantitative estimate of drug-likeness (QED) is 0.687. The van der Waals surface area contributed by atoms with Crippen molar-refractivity contribution >= 4 is 5.97 Å². The molecule has 0 aliphatic rings. The van der Waals surface area contributed by atoms with Gasteiger partial charge in [-0.05, 0) is 12.5 Å². The molecule has 0 heterocycles. The molecule has 1 atom stereocenters. The number of rotatable bonds is 3. The van der Waals surface area contributed by atoms with Crippen LogP contribution in [-0.4, -0.2) is 23.3 Å². The Labute approximate surface area is 87.1 Å². The summed E-state index contributed by atoms with van der Waals surface area (Å²) >= 11 is 0. The van der Waals surface area contributed by atoms with Gasteiger partial charge in [0.25, 0.3) is 0 Å². The van der Waals surface area contributed by atoms with Gasteiger partial charge in [0.15, 0.2) is 11.5 Å². The summed E-state index contributed by atoms with van der Waals surface area (Å²) in [4.78, 5) is 10.7. The van der Waals surface area contributed by atoms with Gasteiger partial charge in [0.05, 0.1) is 7.11 Å². The molecule has 5 nitrogen and oxygen atoms in total. The normalized spacial score (nSPS) is 12.2. The van der Waals surface area contributed by atoms with Crippen molar-refractivity contribution in [3.63, 3.8) is 0 Å². The number of phenols is 1. The topological polar surface area (TPSA) is 92.8 Å². The average molecular weight is 211 g/mol. The van der Waals surface area contributed by atoms with Gasteiger partial charge in [0, 0.05) is 5.56 Å². The predicted octanol–water partition coefficient (Wildman–Crippen LogP) is 0.794. The molecule has 15 heavy (non-hydrogen) atoms. The summed E-state index contributed by atoms with van der Waals surface area (Å²) in [5.41, 5.74) is 6.26. The Bertz CT molecular complexity index is 389. The van der Waals surface area contributed by atoms with Gasteiger partial charge in [-0.25, -0.2) is 0 Å². The maximum absolute atomic E-state index is 10.7. The van der Waals surface area contributed by atoms with E-state index in [-0.39, 0.29) is 17.1 Å². The summed E-state index contributed by atoms with van der Waals surface area (Å²) in [6.45, 7) is 1.74. The standard InChI is InChI=1S/C10H13NO4/c1-5-3-4-6(7(11)10(13)14)8(12)9(5)15-2/h3-4,7,12H,11H2,1-2H3,(H,13,14). The second-order valence-corrected chi connectivity index (χ2v) is 3.17. The Balaban J connectivity index is 3.27. The molecule has 0 radical (unpaired) electrons. The summed E-state index contributed by atoms with van der Waals surface area (Å²) in [7, 11) is 1.40. The second-order valence-electron chi connectivity index (χ2n) is 3.17. The largest absolute Gasteiger partial charge is 0.504 e. The molecule has 0 fully saturated rings. The number of hydrogen-bond donors (Lipinski definition) is 3. The van der Waals surface area contributed by atoms with E-state index in [1.54, 1.807) is 13.0 Å². The fourth-order valence-electron chi connectivity index (χ4n) is 1.33. The lowest BCUT2D eigenvalue weighted by molar-refractivity contribution is -0.138. The SMILES string of the molecule is COc1c(C)ccc(C(N)C(=O)O)c1O. The number of carboxylic acid groups (broad SMARTS) is 1. The highest BCUT2D eigenvalue weighted by Gasteiger charge is 2.21. The summed E-state index contributed by atoms with van der Waals surface area (Å²) in [6, 6.07) is 1.88. The molecule has 0 spiro atoms. The number of nitrogens with two attached hydrogens (primary N) is 1. The first kappa shape index (κ1) is 11.3. The van der Waals surface area contributed by atoms with E-state index >= 15 is 0 Å². The van der Waals surface area contributed by atoms with Gasteiger partial charge in [-0.15, -0.1) is 0 Å². The molecule has 4 N–H and O–H groups in total. The molecule has 0 amide bonds. The number of benzene rings is 1. The monoisotopic (exact) mass is 211 g/mol. The zero-order valence-corrected chi connectivity index (χ0v) is 8.52. The van der Waals surface area contributed by atoms with E-state index in [2.05, 4.69) is 0 Å². The molecular formula is C10H13NO4. The van der Waals surface area contributed by atoms with Crippen molar-refractivity contribution in [3.05, 3.63) is 23.3 Å². The second kappa shape index (κ2) is 4.18. The van der Waals surface area contributed by atoms with Crippen molar-refractivity contribution in [1.29, 1.82) is 0 Å². The summed E-state index contributed by atoms with van der Waals surface area (Å²) in [5, 5.41) is 18.4. The van der Waals surface area contributed by atoms with Crippen molar-refractivity contribution in [1.82, 2.24) is 0 Å². The third kappa shape index (κ3) is 2.02. The van der Waals surface area contributed by atoms with Crippen molar-refractivity contribution in [3.8, 4) is 11.5 Å². The smallest absolute Gasteiger partial charge is 0.325 e. The van der Waals surface area contributed by atoms with Crippen LogP contribution >= 0.6 is 0 Å². The Morgan fingerprint density at radius 2 is 2.13 bits per heavy atom. The van der Waals surface area contributed by atoms with Gasteiger partial charge in [0.2, 0.25) is 0 Å². The number of ether oxygens (including phenoxy) is 1. The Morgan fingerprint density at radius 3 is 2.60 bits per heavy atom. The Kier molecular flexibility index (Phi) is 3.16. The fraction of sp³-hybridized carbons (Fsp3) is 0.300. The van der Waals surface area contributed by atoms with Crippen LogP contribution in [0.1, 0.15) is 17.2 Å². The third-order valence-electron chi connectivity index (χ3n) is 2.16. The van der Waals surface area contributed by atoms with Gasteiger partial charge in [0.1, 0.15) is 6.04 Å².